The number of carbonyl (C=O) groups is 3. The van der Waals surface area contributed by atoms with Crippen LogP contribution >= 0.6 is 0 Å². The summed E-state index contributed by atoms with van der Waals surface area (Å²) in [5.74, 6) is -1.46. The molecule has 0 spiro atoms. The number of benzene rings is 2. The fraction of sp³-hybridized carbons (Fsp3) is 0.182. The van der Waals surface area contributed by atoms with Gasteiger partial charge in [-0.3, -0.25) is 9.59 Å². The van der Waals surface area contributed by atoms with Crippen molar-refractivity contribution in [3.63, 3.8) is 0 Å². The number of methoxy groups -OCH3 is 1. The van der Waals surface area contributed by atoms with Crippen molar-refractivity contribution in [2.45, 2.75) is 13.5 Å². The average Bonchev–Trinajstić information content (AvgIpc) is 3.11. The summed E-state index contributed by atoms with van der Waals surface area (Å²) in [7, 11) is 1.26. The molecule has 0 radical (unpaired) electrons. The molecule has 31 heavy (non-hydrogen) atoms. The molecule has 9 nitrogen and oxygen atoms in total. The quantitative estimate of drug-likeness (QED) is 0.447. The maximum Gasteiger partial charge on any atom is 0.343 e. The van der Waals surface area contributed by atoms with Gasteiger partial charge in [0.2, 0.25) is 0 Å². The lowest BCUT2D eigenvalue weighted by Crippen LogP contribution is -2.30. The Balaban J connectivity index is 1.63. The molecule has 0 bridgehead atoms. The fourth-order valence-corrected chi connectivity index (χ4v) is 2.75. The van der Waals surface area contributed by atoms with Gasteiger partial charge in [0.05, 0.1) is 19.3 Å². The van der Waals surface area contributed by atoms with E-state index in [1.54, 1.807) is 35.9 Å². The molecule has 2 N–H and O–H groups in total. The summed E-state index contributed by atoms with van der Waals surface area (Å²) in [6.45, 7) is 1.99. The van der Waals surface area contributed by atoms with Crippen molar-refractivity contribution in [3.05, 3.63) is 71.9 Å². The second-order valence-corrected chi connectivity index (χ2v) is 6.62. The molecule has 2 aromatic carbocycles. The molecule has 3 rings (SSSR count). The van der Waals surface area contributed by atoms with Gasteiger partial charge in [-0.15, -0.1) is 0 Å². The highest BCUT2D eigenvalue weighted by Gasteiger charge is 2.17. The molecule has 2 amide bonds. The maximum atomic E-state index is 12.4. The molecular formula is C22H22N4O5. The van der Waals surface area contributed by atoms with Crippen molar-refractivity contribution in [2.24, 2.45) is 0 Å². The summed E-state index contributed by atoms with van der Waals surface area (Å²) < 4.78 is 11.4. The smallest absolute Gasteiger partial charge is 0.343 e. The third-order valence-corrected chi connectivity index (χ3v) is 4.20. The summed E-state index contributed by atoms with van der Waals surface area (Å²) in [5, 5.41) is 9.47. The molecule has 3 aromatic rings. The molecule has 9 heteroatoms. The molecule has 1 aromatic heterocycles. The Labute approximate surface area is 179 Å². The third-order valence-electron chi connectivity index (χ3n) is 4.20. The van der Waals surface area contributed by atoms with E-state index in [0.717, 1.165) is 5.56 Å². The summed E-state index contributed by atoms with van der Waals surface area (Å²) in [5.41, 5.74) is 2.06. The van der Waals surface area contributed by atoms with Crippen LogP contribution in [0.25, 0.3) is 0 Å². The number of nitrogens with zero attached hydrogens (tertiary/aromatic N) is 2. The van der Waals surface area contributed by atoms with Crippen LogP contribution in [0.1, 0.15) is 11.3 Å². The molecule has 0 fully saturated rings. The van der Waals surface area contributed by atoms with E-state index in [1.165, 1.54) is 13.2 Å². The van der Waals surface area contributed by atoms with Crippen molar-refractivity contribution >= 4 is 29.3 Å². The minimum absolute atomic E-state index is 0.265. The fourth-order valence-electron chi connectivity index (χ4n) is 2.75. The predicted molar refractivity (Wildman–Crippen MR) is 114 cm³/mol. The van der Waals surface area contributed by atoms with Gasteiger partial charge in [-0.25, -0.2) is 9.48 Å². The highest BCUT2D eigenvalue weighted by atomic mass is 16.6. The number of nitrogens with one attached hydrogen (secondary N) is 2. The van der Waals surface area contributed by atoms with E-state index in [2.05, 4.69) is 20.5 Å². The van der Waals surface area contributed by atoms with Gasteiger partial charge in [0.15, 0.2) is 6.61 Å². The Morgan fingerprint density at radius 2 is 1.71 bits per heavy atom. The van der Waals surface area contributed by atoms with Crippen molar-refractivity contribution in [1.29, 1.82) is 0 Å². The topological polar surface area (TPSA) is 112 Å². The summed E-state index contributed by atoms with van der Waals surface area (Å²) in [4.78, 5) is 35.9. The van der Waals surface area contributed by atoms with E-state index >= 15 is 0 Å². The first kappa shape index (κ1) is 21.6. The number of hydrogen-bond acceptors (Lipinski definition) is 6. The number of ether oxygens (including phenoxy) is 2. The first-order chi connectivity index (χ1) is 14.9. The Hall–Kier alpha value is -4.14. The first-order valence-electron chi connectivity index (χ1n) is 9.45. The largest absolute Gasteiger partial charge is 0.482 e. The van der Waals surface area contributed by atoms with Crippen molar-refractivity contribution in [3.8, 4) is 5.75 Å². The number of aromatic nitrogens is 2. The van der Waals surface area contributed by atoms with Crippen LogP contribution in [0.3, 0.4) is 0 Å². The van der Waals surface area contributed by atoms with Gasteiger partial charge in [0.1, 0.15) is 11.6 Å². The van der Waals surface area contributed by atoms with E-state index in [0.29, 0.717) is 29.5 Å². The summed E-state index contributed by atoms with van der Waals surface area (Å²) in [6, 6.07) is 17.7. The van der Waals surface area contributed by atoms with E-state index < -0.39 is 17.8 Å². The molecular weight excluding hydrogens is 400 g/mol. The van der Waals surface area contributed by atoms with Gasteiger partial charge >= 0.3 is 17.8 Å². The highest BCUT2D eigenvalue weighted by molar-refractivity contribution is 6.43. The standard InChI is InChI=1S/C22H22N4O5/c1-15-11-19(26(25-15)13-16-7-4-3-5-8-16)24-22(29)21(28)23-17-9-6-10-18(12-17)31-14-20(27)30-2/h3-12H,13-14H2,1-2H3,(H,23,28)(H,24,29). The lowest BCUT2D eigenvalue weighted by Gasteiger charge is -2.10. The van der Waals surface area contributed by atoms with Gasteiger partial charge in [0, 0.05) is 17.8 Å². The van der Waals surface area contributed by atoms with Crippen LogP contribution in [0.15, 0.2) is 60.7 Å². The molecule has 0 unspecified atom stereocenters. The van der Waals surface area contributed by atoms with E-state index in [4.69, 9.17) is 4.74 Å². The van der Waals surface area contributed by atoms with Gasteiger partial charge in [0.25, 0.3) is 0 Å². The zero-order chi connectivity index (χ0) is 22.2. The average molecular weight is 422 g/mol. The van der Waals surface area contributed by atoms with Crippen LogP contribution in [0.2, 0.25) is 0 Å². The molecule has 160 valence electrons. The van der Waals surface area contributed by atoms with Gasteiger partial charge in [-0.05, 0) is 24.6 Å². The van der Waals surface area contributed by atoms with Crippen LogP contribution in [-0.2, 0) is 25.7 Å². The van der Waals surface area contributed by atoms with Crippen molar-refractivity contribution < 1.29 is 23.9 Å². The van der Waals surface area contributed by atoms with Gasteiger partial charge in [-0.1, -0.05) is 36.4 Å². The Bertz CT molecular complexity index is 1080. The molecule has 0 saturated carbocycles. The second kappa shape index (κ2) is 10.1. The third kappa shape index (κ3) is 6.17. The number of rotatable bonds is 7. The Kier molecular flexibility index (Phi) is 7.00. The molecule has 0 atom stereocenters. The second-order valence-electron chi connectivity index (χ2n) is 6.62. The number of hydrogen-bond donors (Lipinski definition) is 2. The lowest BCUT2D eigenvalue weighted by atomic mass is 10.2. The van der Waals surface area contributed by atoms with Crippen LogP contribution in [0.4, 0.5) is 11.5 Å². The molecule has 0 saturated heterocycles. The summed E-state index contributed by atoms with van der Waals surface area (Å²) in [6.07, 6.45) is 0. The number of carbonyl (C=O) groups excluding carboxylic acids is 3. The monoisotopic (exact) mass is 422 g/mol. The number of amides is 2. The zero-order valence-electron chi connectivity index (χ0n) is 17.1. The molecule has 0 aliphatic carbocycles. The maximum absolute atomic E-state index is 12.4. The molecule has 1 heterocycles. The minimum atomic E-state index is -0.852. The van der Waals surface area contributed by atoms with Gasteiger partial charge < -0.3 is 20.1 Å². The summed E-state index contributed by atoms with van der Waals surface area (Å²) >= 11 is 0. The Morgan fingerprint density at radius 3 is 2.45 bits per heavy atom. The SMILES string of the molecule is COC(=O)COc1cccc(NC(=O)C(=O)Nc2cc(C)nn2Cc2ccccc2)c1. The van der Waals surface area contributed by atoms with E-state index in [-0.39, 0.29) is 6.61 Å². The Morgan fingerprint density at radius 1 is 0.968 bits per heavy atom. The normalized spacial score (nSPS) is 10.3. The number of anilines is 2. The van der Waals surface area contributed by atoms with E-state index in [9.17, 15) is 14.4 Å². The molecule has 0 aliphatic heterocycles. The minimum Gasteiger partial charge on any atom is -0.482 e. The highest BCUT2D eigenvalue weighted by Crippen LogP contribution is 2.18. The van der Waals surface area contributed by atoms with Crippen molar-refractivity contribution in [2.75, 3.05) is 24.4 Å². The lowest BCUT2D eigenvalue weighted by molar-refractivity contribution is -0.142. The zero-order valence-corrected chi connectivity index (χ0v) is 17.1. The van der Waals surface area contributed by atoms with Crippen LogP contribution in [0.5, 0.6) is 5.75 Å². The van der Waals surface area contributed by atoms with Crippen LogP contribution < -0.4 is 15.4 Å². The first-order valence-corrected chi connectivity index (χ1v) is 9.45. The van der Waals surface area contributed by atoms with Crippen molar-refractivity contribution in [1.82, 2.24) is 9.78 Å². The predicted octanol–water partition coefficient (Wildman–Crippen LogP) is 2.37. The van der Waals surface area contributed by atoms with Gasteiger partial charge in [-0.2, -0.15) is 5.10 Å². The van der Waals surface area contributed by atoms with Crippen LogP contribution in [-0.4, -0.2) is 41.3 Å². The van der Waals surface area contributed by atoms with Crippen LogP contribution in [0, 0.1) is 6.92 Å². The van der Waals surface area contributed by atoms with E-state index in [1.807, 2.05) is 30.3 Å². The molecule has 0 aliphatic rings. The number of esters is 1. The number of aryl methyl sites for hydroxylation is 1.